The van der Waals surface area contributed by atoms with Crippen LogP contribution in [-0.4, -0.2) is 52.6 Å². The van der Waals surface area contributed by atoms with Crippen LogP contribution in [0.1, 0.15) is 55.7 Å². The van der Waals surface area contributed by atoms with E-state index in [4.69, 9.17) is 16.3 Å². The van der Waals surface area contributed by atoms with Crippen molar-refractivity contribution in [2.75, 3.05) is 31.6 Å². The van der Waals surface area contributed by atoms with E-state index < -0.39 is 0 Å². The summed E-state index contributed by atoms with van der Waals surface area (Å²) in [4.78, 5) is 24.3. The van der Waals surface area contributed by atoms with Crippen LogP contribution in [0.4, 0.5) is 5.82 Å². The van der Waals surface area contributed by atoms with Gasteiger partial charge in [0.15, 0.2) is 0 Å². The number of hydrogen-bond acceptors (Lipinski definition) is 5. The van der Waals surface area contributed by atoms with Crippen molar-refractivity contribution in [2.45, 2.75) is 50.0 Å². The predicted molar refractivity (Wildman–Crippen MR) is 138 cm³/mol. The molecule has 2 aromatic heterocycles. The summed E-state index contributed by atoms with van der Waals surface area (Å²) in [5.74, 6) is 1.20. The number of nitrogens with one attached hydrogen (secondary N) is 1. The molecule has 6 nitrogen and oxygen atoms in total. The number of piperidine rings is 1. The molecule has 2 aliphatic heterocycles. The molecule has 1 amide bonds. The standard InChI is InChI=1S/C28H31ClN4O2/c1-28(7-11-35-17-28)33-9-5-18(6-10-33)21-12-19-14-26(31-16-20(19)13-24(21)29)32-27(34)23-15-22(23)25-4-2-3-8-30-25/h2-4,8,12-14,16,18,22-23H,5-7,9-11,15,17H2,1H3,(H,31,32,34)/t22-,23-,28+/m0/s1. The fraction of sp³-hybridized carbons (Fsp3) is 0.464. The highest BCUT2D eigenvalue weighted by atomic mass is 35.5. The van der Waals surface area contributed by atoms with Crippen LogP contribution in [0.2, 0.25) is 5.02 Å². The van der Waals surface area contributed by atoms with Crippen LogP contribution in [0.3, 0.4) is 0 Å². The van der Waals surface area contributed by atoms with Gasteiger partial charge in [0.1, 0.15) is 5.82 Å². The molecule has 35 heavy (non-hydrogen) atoms. The molecule has 3 atom stereocenters. The number of carbonyl (C=O) groups is 1. The van der Waals surface area contributed by atoms with Gasteiger partial charge in [0, 0.05) is 52.5 Å². The number of amides is 1. The fourth-order valence-electron chi connectivity index (χ4n) is 5.83. The first kappa shape index (κ1) is 22.9. The first-order valence-electron chi connectivity index (χ1n) is 12.6. The number of anilines is 1. The first-order chi connectivity index (χ1) is 17.0. The van der Waals surface area contributed by atoms with Crippen molar-refractivity contribution in [3.63, 3.8) is 0 Å². The molecule has 0 radical (unpaired) electrons. The lowest BCUT2D eigenvalue weighted by Gasteiger charge is -2.42. The maximum Gasteiger partial charge on any atom is 0.229 e. The van der Waals surface area contributed by atoms with Gasteiger partial charge in [-0.05, 0) is 92.9 Å². The highest BCUT2D eigenvalue weighted by molar-refractivity contribution is 6.32. The van der Waals surface area contributed by atoms with Crippen molar-refractivity contribution < 1.29 is 9.53 Å². The van der Waals surface area contributed by atoms with E-state index in [0.29, 0.717) is 11.7 Å². The molecule has 1 N–H and O–H groups in total. The molecule has 7 heteroatoms. The zero-order chi connectivity index (χ0) is 24.0. The van der Waals surface area contributed by atoms with Gasteiger partial charge in [0.2, 0.25) is 5.91 Å². The van der Waals surface area contributed by atoms with Crippen molar-refractivity contribution in [1.29, 1.82) is 0 Å². The predicted octanol–water partition coefficient (Wildman–Crippen LogP) is 5.38. The second-order valence-corrected chi connectivity index (χ2v) is 11.0. The second kappa shape index (κ2) is 9.16. The Morgan fingerprint density at radius 3 is 2.77 bits per heavy atom. The second-order valence-electron chi connectivity index (χ2n) is 10.5. The minimum Gasteiger partial charge on any atom is -0.379 e. The van der Waals surface area contributed by atoms with E-state index in [-0.39, 0.29) is 23.3 Å². The van der Waals surface area contributed by atoms with Crippen LogP contribution in [0, 0.1) is 5.92 Å². The number of likely N-dealkylation sites (tertiary alicyclic amines) is 1. The van der Waals surface area contributed by atoms with E-state index in [2.05, 4.69) is 33.2 Å². The zero-order valence-corrected chi connectivity index (χ0v) is 20.8. The van der Waals surface area contributed by atoms with Gasteiger partial charge in [-0.2, -0.15) is 0 Å². The van der Waals surface area contributed by atoms with Crippen LogP contribution in [0.25, 0.3) is 10.8 Å². The Morgan fingerprint density at radius 1 is 1.17 bits per heavy atom. The molecular formula is C28H31ClN4O2. The number of nitrogens with zero attached hydrogens (tertiary/aromatic N) is 3. The van der Waals surface area contributed by atoms with E-state index in [9.17, 15) is 4.79 Å². The van der Waals surface area contributed by atoms with Gasteiger partial charge in [0.25, 0.3) is 0 Å². The van der Waals surface area contributed by atoms with Crippen LogP contribution in [0.5, 0.6) is 0 Å². The monoisotopic (exact) mass is 490 g/mol. The summed E-state index contributed by atoms with van der Waals surface area (Å²) in [7, 11) is 0. The number of halogens is 1. The first-order valence-corrected chi connectivity index (χ1v) is 13.0. The Labute approximate surface area is 211 Å². The molecule has 1 saturated carbocycles. The summed E-state index contributed by atoms with van der Waals surface area (Å²) in [5.41, 5.74) is 2.36. The summed E-state index contributed by atoms with van der Waals surface area (Å²) >= 11 is 6.74. The summed E-state index contributed by atoms with van der Waals surface area (Å²) in [5, 5.41) is 5.88. The van der Waals surface area contributed by atoms with Gasteiger partial charge in [-0.1, -0.05) is 17.7 Å². The van der Waals surface area contributed by atoms with Gasteiger partial charge in [-0.3, -0.25) is 14.7 Å². The largest absolute Gasteiger partial charge is 0.379 e. The maximum atomic E-state index is 12.8. The lowest BCUT2D eigenvalue weighted by molar-refractivity contribution is -0.117. The fourth-order valence-corrected chi connectivity index (χ4v) is 6.15. The molecule has 1 aliphatic carbocycles. The highest BCUT2D eigenvalue weighted by Crippen LogP contribution is 2.47. The van der Waals surface area contributed by atoms with Gasteiger partial charge in [0.05, 0.1) is 6.61 Å². The van der Waals surface area contributed by atoms with Gasteiger partial charge in [-0.25, -0.2) is 4.98 Å². The van der Waals surface area contributed by atoms with E-state index in [0.717, 1.165) is 73.5 Å². The molecule has 6 rings (SSSR count). The van der Waals surface area contributed by atoms with Crippen LogP contribution < -0.4 is 5.32 Å². The van der Waals surface area contributed by atoms with E-state index >= 15 is 0 Å². The number of benzene rings is 1. The number of pyridine rings is 2. The molecular weight excluding hydrogens is 460 g/mol. The SMILES string of the molecule is C[C@@]1(N2CCC(c3cc4cc(NC(=O)[C@H]5C[C@@H]5c5ccccn5)ncc4cc3Cl)CC2)CCOC1. The smallest absolute Gasteiger partial charge is 0.229 e. The zero-order valence-electron chi connectivity index (χ0n) is 20.0. The van der Waals surface area contributed by atoms with Gasteiger partial charge in [-0.15, -0.1) is 0 Å². The normalized spacial score (nSPS) is 27.3. The average Bonchev–Trinajstić information content (AvgIpc) is 3.57. The Balaban J connectivity index is 1.15. The molecule has 4 heterocycles. The topological polar surface area (TPSA) is 67.4 Å². The molecule has 3 aromatic rings. The van der Waals surface area contributed by atoms with Gasteiger partial charge < -0.3 is 10.1 Å². The molecule has 1 aromatic carbocycles. The molecule has 3 fully saturated rings. The Kier molecular flexibility index (Phi) is 5.99. The van der Waals surface area contributed by atoms with Crippen LogP contribution >= 0.6 is 11.6 Å². The average molecular weight is 491 g/mol. The Morgan fingerprint density at radius 2 is 2.03 bits per heavy atom. The van der Waals surface area contributed by atoms with Crippen molar-refractivity contribution in [3.8, 4) is 0 Å². The molecule has 3 aliphatic rings. The summed E-state index contributed by atoms with van der Waals surface area (Å²) in [6.07, 6.45) is 7.70. The van der Waals surface area contributed by atoms with Crippen LogP contribution in [0.15, 0.2) is 48.8 Å². The quantitative estimate of drug-likeness (QED) is 0.519. The number of ether oxygens (including phenoxy) is 1. The summed E-state index contributed by atoms with van der Waals surface area (Å²) in [6, 6.07) is 12.0. The number of fused-ring (bicyclic) bond motifs is 1. The van der Waals surface area contributed by atoms with Crippen molar-refractivity contribution in [3.05, 3.63) is 65.1 Å². The Bertz CT molecular complexity index is 1240. The number of aromatic nitrogens is 2. The van der Waals surface area contributed by atoms with Crippen molar-refractivity contribution in [2.24, 2.45) is 5.92 Å². The lowest BCUT2D eigenvalue weighted by Crippen LogP contribution is -2.50. The minimum absolute atomic E-state index is 0.0125. The van der Waals surface area contributed by atoms with Crippen molar-refractivity contribution >= 4 is 34.1 Å². The minimum atomic E-state index is -0.0412. The third kappa shape index (κ3) is 4.55. The third-order valence-corrected chi connectivity index (χ3v) is 8.51. The third-order valence-electron chi connectivity index (χ3n) is 8.18. The number of hydrogen-bond donors (Lipinski definition) is 1. The number of rotatable bonds is 5. The van der Waals surface area contributed by atoms with E-state index in [1.807, 2.05) is 30.3 Å². The molecule has 182 valence electrons. The summed E-state index contributed by atoms with van der Waals surface area (Å²) in [6.45, 7) is 6.15. The summed E-state index contributed by atoms with van der Waals surface area (Å²) < 4.78 is 5.68. The maximum absolute atomic E-state index is 12.8. The molecule has 2 saturated heterocycles. The van der Waals surface area contributed by atoms with Crippen LogP contribution in [-0.2, 0) is 9.53 Å². The molecule has 0 unspecified atom stereocenters. The van der Waals surface area contributed by atoms with Gasteiger partial charge >= 0.3 is 0 Å². The highest BCUT2D eigenvalue weighted by Gasteiger charge is 2.45. The lowest BCUT2D eigenvalue weighted by atomic mass is 9.86. The number of carbonyl (C=O) groups excluding carboxylic acids is 1. The van der Waals surface area contributed by atoms with E-state index in [1.165, 1.54) is 5.56 Å². The van der Waals surface area contributed by atoms with E-state index in [1.54, 1.807) is 12.4 Å². The Hall–Kier alpha value is -2.54. The molecule has 0 bridgehead atoms. The van der Waals surface area contributed by atoms with Crippen molar-refractivity contribution in [1.82, 2.24) is 14.9 Å². The molecule has 0 spiro atoms.